The van der Waals surface area contributed by atoms with E-state index in [0.29, 0.717) is 49.4 Å². The Bertz CT molecular complexity index is 1500. The summed E-state index contributed by atoms with van der Waals surface area (Å²) < 4.78 is 13.7. The number of hydrogen-bond donors (Lipinski definition) is 1. The van der Waals surface area contributed by atoms with Gasteiger partial charge in [0, 0.05) is 61.0 Å². The molecular formula is C28H33N7O4. The molecule has 0 atom stereocenters. The number of nitrogens with one attached hydrogen (secondary N) is 1. The van der Waals surface area contributed by atoms with Crippen LogP contribution in [0.3, 0.4) is 0 Å². The largest absolute Gasteiger partial charge is 0.494 e. The Morgan fingerprint density at radius 2 is 2.03 bits per heavy atom. The van der Waals surface area contributed by atoms with Crippen molar-refractivity contribution in [3.05, 3.63) is 64.5 Å². The van der Waals surface area contributed by atoms with E-state index in [-0.39, 0.29) is 10.6 Å². The Kier molecular flexibility index (Phi) is 7.62. The molecule has 1 aliphatic rings. The number of fused-ring (bicyclic) bond motifs is 3. The Morgan fingerprint density at radius 1 is 1.21 bits per heavy atom. The summed E-state index contributed by atoms with van der Waals surface area (Å²) in [7, 11) is 5.50. The lowest BCUT2D eigenvalue weighted by Gasteiger charge is -2.25. The van der Waals surface area contributed by atoms with Crippen LogP contribution in [0.2, 0.25) is 0 Å². The molecule has 3 heterocycles. The molecule has 0 aliphatic carbocycles. The standard InChI is InChI=1S/C28H33N7O4/c1-5-33(13-12-32(2)3)23-17-26(38-4)21(16-24(23)35(36)37)31-28-29-11-10-20(30-28)27-19-8-6-7-9-22(19)34-14-15-39-18-25(27)34/h6-11,16-17H,5,12-15,18H2,1-4H3,(H,29,30,31). The molecular weight excluding hydrogens is 498 g/mol. The van der Waals surface area contributed by atoms with E-state index in [1.807, 2.05) is 49.0 Å². The average Bonchev–Trinajstić information content (AvgIpc) is 3.28. The van der Waals surface area contributed by atoms with Crippen molar-refractivity contribution in [2.24, 2.45) is 0 Å². The first-order chi connectivity index (χ1) is 18.9. The van der Waals surface area contributed by atoms with Crippen molar-refractivity contribution in [1.29, 1.82) is 0 Å². The number of ether oxygens (including phenoxy) is 2. The molecule has 1 N–H and O–H groups in total. The summed E-state index contributed by atoms with van der Waals surface area (Å²) in [6.07, 6.45) is 1.68. The number of hydrogen-bond acceptors (Lipinski definition) is 9. The minimum atomic E-state index is -0.366. The highest BCUT2D eigenvalue weighted by molar-refractivity contribution is 5.97. The summed E-state index contributed by atoms with van der Waals surface area (Å²) in [6, 6.07) is 13.3. The second kappa shape index (κ2) is 11.3. The van der Waals surface area contributed by atoms with E-state index in [2.05, 4.69) is 27.0 Å². The molecule has 11 nitrogen and oxygen atoms in total. The van der Waals surface area contributed by atoms with Gasteiger partial charge in [0.25, 0.3) is 5.69 Å². The Labute approximate surface area is 227 Å². The molecule has 204 valence electrons. The minimum absolute atomic E-state index is 0.0142. The van der Waals surface area contributed by atoms with Gasteiger partial charge >= 0.3 is 0 Å². The first-order valence-corrected chi connectivity index (χ1v) is 13.0. The molecule has 5 rings (SSSR count). The highest BCUT2D eigenvalue weighted by Gasteiger charge is 2.25. The van der Waals surface area contributed by atoms with Crippen LogP contribution in [-0.4, -0.2) is 71.8 Å². The number of methoxy groups -OCH3 is 1. The number of likely N-dealkylation sites (N-methyl/N-ethyl adjacent to an activating group) is 2. The first kappa shape index (κ1) is 26.4. The Morgan fingerprint density at radius 3 is 2.77 bits per heavy atom. The van der Waals surface area contributed by atoms with Crippen LogP contribution in [-0.2, 0) is 17.9 Å². The summed E-state index contributed by atoms with van der Waals surface area (Å²) >= 11 is 0. The Hall–Kier alpha value is -4.22. The van der Waals surface area contributed by atoms with Crippen molar-refractivity contribution >= 4 is 33.9 Å². The molecule has 39 heavy (non-hydrogen) atoms. The maximum Gasteiger partial charge on any atom is 0.294 e. The number of aromatic nitrogens is 3. The van der Waals surface area contributed by atoms with Crippen molar-refractivity contribution in [3.8, 4) is 17.0 Å². The summed E-state index contributed by atoms with van der Waals surface area (Å²) in [5.41, 5.74) is 4.87. The van der Waals surface area contributed by atoms with Gasteiger partial charge in [-0.2, -0.15) is 0 Å². The van der Waals surface area contributed by atoms with Crippen LogP contribution in [0, 0.1) is 10.1 Å². The highest BCUT2D eigenvalue weighted by Crippen LogP contribution is 2.40. The fraction of sp³-hybridized carbons (Fsp3) is 0.357. The van der Waals surface area contributed by atoms with Gasteiger partial charge < -0.3 is 29.2 Å². The molecule has 0 bridgehead atoms. The SMILES string of the molecule is CCN(CCN(C)C)c1cc(OC)c(Nc2nccc(-c3c4n(c5ccccc35)CCOC4)n2)cc1[N+](=O)[O-]. The quantitative estimate of drug-likeness (QED) is 0.230. The lowest BCUT2D eigenvalue weighted by atomic mass is 10.1. The number of rotatable bonds is 10. The van der Waals surface area contributed by atoms with Crippen LogP contribution < -0.4 is 15.0 Å². The maximum atomic E-state index is 12.1. The van der Waals surface area contributed by atoms with Crippen LogP contribution in [0.4, 0.5) is 23.0 Å². The zero-order valence-corrected chi connectivity index (χ0v) is 22.7. The van der Waals surface area contributed by atoms with E-state index >= 15 is 0 Å². The van der Waals surface area contributed by atoms with Gasteiger partial charge in [-0.25, -0.2) is 9.97 Å². The van der Waals surface area contributed by atoms with E-state index in [0.717, 1.165) is 40.9 Å². The topological polar surface area (TPSA) is 111 Å². The molecule has 0 saturated heterocycles. The molecule has 4 aromatic rings. The van der Waals surface area contributed by atoms with Gasteiger partial charge in [0.1, 0.15) is 11.4 Å². The second-order valence-electron chi connectivity index (χ2n) is 9.61. The number of nitrogens with zero attached hydrogens (tertiary/aromatic N) is 6. The first-order valence-electron chi connectivity index (χ1n) is 13.0. The van der Waals surface area contributed by atoms with E-state index in [9.17, 15) is 10.1 Å². The van der Waals surface area contributed by atoms with Gasteiger partial charge in [0.2, 0.25) is 5.95 Å². The third-order valence-corrected chi connectivity index (χ3v) is 6.97. The summed E-state index contributed by atoms with van der Waals surface area (Å²) in [5, 5.41) is 16.4. The normalized spacial score (nSPS) is 12.9. The fourth-order valence-corrected chi connectivity index (χ4v) is 5.04. The molecule has 0 fully saturated rings. The third-order valence-electron chi connectivity index (χ3n) is 6.97. The van der Waals surface area contributed by atoms with Crippen LogP contribution in [0.1, 0.15) is 12.6 Å². The number of nitro benzene ring substituents is 1. The van der Waals surface area contributed by atoms with E-state index in [1.165, 1.54) is 6.07 Å². The van der Waals surface area contributed by atoms with E-state index in [1.54, 1.807) is 19.4 Å². The van der Waals surface area contributed by atoms with Crippen LogP contribution in [0.25, 0.3) is 22.2 Å². The molecule has 0 unspecified atom stereocenters. The molecule has 2 aromatic carbocycles. The van der Waals surface area contributed by atoms with Crippen molar-refractivity contribution < 1.29 is 14.4 Å². The fourth-order valence-electron chi connectivity index (χ4n) is 5.04. The van der Waals surface area contributed by atoms with E-state index < -0.39 is 0 Å². The molecule has 0 amide bonds. The molecule has 11 heteroatoms. The maximum absolute atomic E-state index is 12.1. The minimum Gasteiger partial charge on any atom is -0.494 e. The third kappa shape index (κ3) is 5.23. The molecule has 0 spiro atoms. The zero-order chi connectivity index (χ0) is 27.5. The molecule has 0 radical (unpaired) electrons. The Balaban J connectivity index is 1.53. The zero-order valence-electron chi connectivity index (χ0n) is 22.7. The molecule has 1 aliphatic heterocycles. The van der Waals surface area contributed by atoms with Gasteiger partial charge in [0.05, 0.1) is 42.3 Å². The monoisotopic (exact) mass is 531 g/mol. The van der Waals surface area contributed by atoms with E-state index in [4.69, 9.17) is 14.5 Å². The number of nitro groups is 1. The second-order valence-corrected chi connectivity index (χ2v) is 9.61. The number of para-hydroxylation sites is 1. The summed E-state index contributed by atoms with van der Waals surface area (Å²) in [4.78, 5) is 25.0. The van der Waals surface area contributed by atoms with Crippen molar-refractivity contribution in [2.45, 2.75) is 20.1 Å². The van der Waals surface area contributed by atoms with Crippen molar-refractivity contribution in [1.82, 2.24) is 19.4 Å². The van der Waals surface area contributed by atoms with Gasteiger partial charge in [-0.05, 0) is 33.2 Å². The van der Waals surface area contributed by atoms with Crippen molar-refractivity contribution in [2.75, 3.05) is 57.7 Å². The number of anilines is 3. The summed E-state index contributed by atoms with van der Waals surface area (Å²) in [5.74, 6) is 0.779. The van der Waals surface area contributed by atoms with Gasteiger partial charge in [-0.3, -0.25) is 10.1 Å². The highest BCUT2D eigenvalue weighted by atomic mass is 16.6. The van der Waals surface area contributed by atoms with Crippen molar-refractivity contribution in [3.63, 3.8) is 0 Å². The lowest BCUT2D eigenvalue weighted by Crippen LogP contribution is -2.32. The number of benzene rings is 2. The molecule has 0 saturated carbocycles. The predicted molar refractivity (Wildman–Crippen MR) is 152 cm³/mol. The lowest BCUT2D eigenvalue weighted by molar-refractivity contribution is -0.384. The van der Waals surface area contributed by atoms with Gasteiger partial charge in [-0.15, -0.1) is 0 Å². The van der Waals surface area contributed by atoms with Crippen LogP contribution >= 0.6 is 0 Å². The summed E-state index contributed by atoms with van der Waals surface area (Å²) in [6.45, 7) is 5.95. The van der Waals surface area contributed by atoms with Gasteiger partial charge in [-0.1, -0.05) is 18.2 Å². The predicted octanol–water partition coefficient (Wildman–Crippen LogP) is 4.68. The smallest absolute Gasteiger partial charge is 0.294 e. The van der Waals surface area contributed by atoms with Gasteiger partial charge in [0.15, 0.2) is 0 Å². The molecule has 2 aromatic heterocycles. The average molecular weight is 532 g/mol. The van der Waals surface area contributed by atoms with Crippen LogP contribution in [0.15, 0.2) is 48.7 Å². The van der Waals surface area contributed by atoms with Crippen LogP contribution in [0.5, 0.6) is 5.75 Å².